The second kappa shape index (κ2) is 10.7. The fourth-order valence-electron chi connectivity index (χ4n) is 2.66. The second-order valence-corrected chi connectivity index (χ2v) is 8.83. The van der Waals surface area contributed by atoms with Gasteiger partial charge in [0, 0.05) is 35.8 Å². The minimum Gasteiger partial charge on any atom is -0.444 e. The molecule has 3 amide bonds. The number of aromatic nitrogens is 2. The van der Waals surface area contributed by atoms with E-state index in [1.165, 1.54) is 11.3 Å². The summed E-state index contributed by atoms with van der Waals surface area (Å²) in [6.45, 7) is 5.79. The number of nitrogens with zero attached hydrogens (tertiary/aromatic N) is 2. The van der Waals surface area contributed by atoms with Gasteiger partial charge in [0.25, 0.3) is 11.8 Å². The highest BCUT2D eigenvalue weighted by atomic mass is 32.1. The van der Waals surface area contributed by atoms with Crippen molar-refractivity contribution in [2.24, 2.45) is 0 Å². The second-order valence-electron chi connectivity index (χ2n) is 7.97. The first-order chi connectivity index (χ1) is 15.7. The Hall–Kier alpha value is -3.79. The van der Waals surface area contributed by atoms with Gasteiger partial charge in [0.05, 0.1) is 5.69 Å². The van der Waals surface area contributed by atoms with Crippen LogP contribution in [-0.4, -0.2) is 46.6 Å². The van der Waals surface area contributed by atoms with Gasteiger partial charge in [-0.3, -0.25) is 19.9 Å². The maximum Gasteiger partial charge on any atom is 0.407 e. The molecule has 172 valence electrons. The summed E-state index contributed by atoms with van der Waals surface area (Å²) in [6.07, 6.45) is 1.14. The van der Waals surface area contributed by atoms with Crippen molar-refractivity contribution < 1.29 is 19.1 Å². The summed E-state index contributed by atoms with van der Waals surface area (Å²) >= 11 is 1.31. The Morgan fingerprint density at radius 1 is 0.909 bits per heavy atom. The number of carbonyl (C=O) groups is 3. The molecule has 0 saturated heterocycles. The zero-order chi connectivity index (χ0) is 23.8. The molecule has 33 heavy (non-hydrogen) atoms. The number of amides is 3. The molecular formula is C23H25N5O4S. The van der Waals surface area contributed by atoms with Crippen molar-refractivity contribution >= 4 is 34.4 Å². The Balaban J connectivity index is 1.47. The van der Waals surface area contributed by atoms with Gasteiger partial charge in [-0.25, -0.2) is 9.78 Å². The Morgan fingerprint density at radius 3 is 2.21 bits per heavy atom. The number of pyridine rings is 1. The Morgan fingerprint density at radius 2 is 1.58 bits per heavy atom. The summed E-state index contributed by atoms with van der Waals surface area (Å²) < 4.78 is 5.12. The molecule has 9 nitrogen and oxygen atoms in total. The molecule has 0 atom stereocenters. The number of rotatable bonds is 7. The summed E-state index contributed by atoms with van der Waals surface area (Å²) in [5, 5.41) is 10.3. The van der Waals surface area contributed by atoms with Gasteiger partial charge in [0.15, 0.2) is 5.13 Å². The largest absolute Gasteiger partial charge is 0.444 e. The number of hydrogen-bond acceptors (Lipinski definition) is 7. The molecule has 0 bridgehead atoms. The molecule has 0 radical (unpaired) electrons. The Kier molecular flexibility index (Phi) is 7.73. The van der Waals surface area contributed by atoms with E-state index in [1.54, 1.807) is 51.2 Å². The third-order valence-corrected chi connectivity index (χ3v) is 4.90. The van der Waals surface area contributed by atoms with Crippen LogP contribution in [0.5, 0.6) is 0 Å². The Bertz CT molecular complexity index is 1110. The maximum atomic E-state index is 12.5. The first-order valence-corrected chi connectivity index (χ1v) is 11.1. The first-order valence-electron chi connectivity index (χ1n) is 10.2. The fraction of sp³-hybridized carbons (Fsp3) is 0.261. The van der Waals surface area contributed by atoms with E-state index in [2.05, 4.69) is 25.9 Å². The van der Waals surface area contributed by atoms with Crippen LogP contribution in [-0.2, 0) is 4.74 Å². The summed E-state index contributed by atoms with van der Waals surface area (Å²) in [5.41, 5.74) is 1.63. The van der Waals surface area contributed by atoms with Crippen LogP contribution < -0.4 is 16.0 Å². The van der Waals surface area contributed by atoms with E-state index in [1.807, 2.05) is 23.6 Å². The molecule has 0 unspecified atom stereocenters. The lowest BCUT2D eigenvalue weighted by Gasteiger charge is -2.19. The molecule has 0 spiro atoms. The van der Waals surface area contributed by atoms with Crippen molar-refractivity contribution in [3.8, 4) is 11.4 Å². The molecule has 0 aliphatic heterocycles. The number of nitrogens with one attached hydrogen (secondary N) is 3. The number of thiazole rings is 1. The molecule has 3 aromatic rings. The molecule has 3 rings (SSSR count). The topological polar surface area (TPSA) is 122 Å². The zero-order valence-corrected chi connectivity index (χ0v) is 19.4. The molecule has 0 fully saturated rings. The molecule has 10 heteroatoms. The molecule has 0 aliphatic carbocycles. The molecule has 0 saturated carbocycles. The van der Waals surface area contributed by atoms with Crippen LogP contribution in [0.15, 0.2) is 54.0 Å². The average Bonchev–Trinajstić information content (AvgIpc) is 3.24. The van der Waals surface area contributed by atoms with Crippen molar-refractivity contribution in [1.82, 2.24) is 20.6 Å². The minimum absolute atomic E-state index is 0.232. The SMILES string of the molecule is CC(C)(C)OC(=O)NCCNC(=O)c1ccc(C(=O)Nc2nc(-c3ccccn3)cs2)cc1. The normalized spacial score (nSPS) is 10.9. The van der Waals surface area contributed by atoms with E-state index in [0.717, 1.165) is 5.69 Å². The van der Waals surface area contributed by atoms with Gasteiger partial charge in [-0.1, -0.05) is 6.07 Å². The standard InChI is InChI=1S/C23H25N5O4S/c1-23(2,3)32-22(31)26-13-12-25-19(29)15-7-9-16(10-8-15)20(30)28-21-27-18(14-33-21)17-6-4-5-11-24-17/h4-11,14H,12-13H2,1-3H3,(H,25,29)(H,26,31)(H,27,28,30). The zero-order valence-electron chi connectivity index (χ0n) is 18.5. The maximum absolute atomic E-state index is 12.5. The van der Waals surface area contributed by atoms with Crippen molar-refractivity contribution in [2.45, 2.75) is 26.4 Å². The van der Waals surface area contributed by atoms with E-state index in [9.17, 15) is 14.4 Å². The van der Waals surface area contributed by atoms with Gasteiger partial charge in [-0.15, -0.1) is 11.3 Å². The van der Waals surface area contributed by atoms with E-state index in [0.29, 0.717) is 22.0 Å². The molecule has 1 aromatic carbocycles. The highest BCUT2D eigenvalue weighted by Gasteiger charge is 2.16. The minimum atomic E-state index is -0.581. The lowest BCUT2D eigenvalue weighted by molar-refractivity contribution is 0.0526. The highest BCUT2D eigenvalue weighted by molar-refractivity contribution is 7.14. The quantitative estimate of drug-likeness (QED) is 0.455. The van der Waals surface area contributed by atoms with Crippen LogP contribution in [0.1, 0.15) is 41.5 Å². The Labute approximate surface area is 195 Å². The van der Waals surface area contributed by atoms with Gasteiger partial charge in [0.1, 0.15) is 11.3 Å². The fourth-order valence-corrected chi connectivity index (χ4v) is 3.36. The number of hydrogen-bond donors (Lipinski definition) is 3. The highest BCUT2D eigenvalue weighted by Crippen LogP contribution is 2.23. The van der Waals surface area contributed by atoms with Crippen molar-refractivity contribution in [3.63, 3.8) is 0 Å². The lowest BCUT2D eigenvalue weighted by Crippen LogP contribution is -2.37. The van der Waals surface area contributed by atoms with Crippen LogP contribution in [0.3, 0.4) is 0 Å². The van der Waals surface area contributed by atoms with Gasteiger partial charge in [0.2, 0.25) is 0 Å². The monoisotopic (exact) mass is 467 g/mol. The van der Waals surface area contributed by atoms with Gasteiger partial charge in [-0.2, -0.15) is 0 Å². The van der Waals surface area contributed by atoms with Crippen molar-refractivity contribution in [1.29, 1.82) is 0 Å². The number of alkyl carbamates (subject to hydrolysis) is 1. The van der Waals surface area contributed by atoms with Crippen LogP contribution >= 0.6 is 11.3 Å². The lowest BCUT2D eigenvalue weighted by atomic mass is 10.1. The smallest absolute Gasteiger partial charge is 0.407 e. The number of carbonyl (C=O) groups excluding carboxylic acids is 3. The van der Waals surface area contributed by atoms with Crippen LogP contribution in [0.4, 0.5) is 9.93 Å². The predicted octanol–water partition coefficient (Wildman–Crippen LogP) is 3.71. The summed E-state index contributed by atoms with van der Waals surface area (Å²) in [7, 11) is 0. The summed E-state index contributed by atoms with van der Waals surface area (Å²) in [6, 6.07) is 11.8. The van der Waals surface area contributed by atoms with Crippen molar-refractivity contribution in [2.75, 3.05) is 18.4 Å². The first kappa shape index (κ1) is 23.9. The van der Waals surface area contributed by atoms with Gasteiger partial charge in [-0.05, 0) is 57.2 Å². The molecule has 3 N–H and O–H groups in total. The third kappa shape index (κ3) is 7.39. The molecule has 0 aliphatic rings. The molecular weight excluding hydrogens is 442 g/mol. The van der Waals surface area contributed by atoms with Gasteiger partial charge < -0.3 is 15.4 Å². The summed E-state index contributed by atoms with van der Waals surface area (Å²) in [5.74, 6) is -0.640. The van der Waals surface area contributed by atoms with Crippen LogP contribution in [0, 0.1) is 0 Å². The van der Waals surface area contributed by atoms with Crippen LogP contribution in [0.2, 0.25) is 0 Å². The number of benzene rings is 1. The van der Waals surface area contributed by atoms with E-state index < -0.39 is 11.7 Å². The molecule has 2 heterocycles. The van der Waals surface area contributed by atoms with Gasteiger partial charge >= 0.3 is 6.09 Å². The third-order valence-electron chi connectivity index (χ3n) is 4.14. The van der Waals surface area contributed by atoms with E-state index in [4.69, 9.17) is 4.74 Å². The van der Waals surface area contributed by atoms with Crippen molar-refractivity contribution in [3.05, 3.63) is 65.2 Å². The summed E-state index contributed by atoms with van der Waals surface area (Å²) in [4.78, 5) is 45.0. The number of anilines is 1. The number of ether oxygens (including phenoxy) is 1. The van der Waals surface area contributed by atoms with E-state index in [-0.39, 0.29) is 24.9 Å². The van der Waals surface area contributed by atoms with E-state index >= 15 is 0 Å². The van der Waals surface area contributed by atoms with Crippen LogP contribution in [0.25, 0.3) is 11.4 Å². The predicted molar refractivity (Wildman–Crippen MR) is 126 cm³/mol. The molecule has 2 aromatic heterocycles. The average molecular weight is 468 g/mol.